The van der Waals surface area contributed by atoms with E-state index in [0.29, 0.717) is 0 Å². The van der Waals surface area contributed by atoms with Gasteiger partial charge in [0.25, 0.3) is 0 Å². The van der Waals surface area contributed by atoms with Gasteiger partial charge in [0.05, 0.1) is 0 Å². The second-order valence-electron chi connectivity index (χ2n) is 5.99. The second-order valence-corrected chi connectivity index (χ2v) is 5.99. The summed E-state index contributed by atoms with van der Waals surface area (Å²) in [6.07, 6.45) is 0.912. The van der Waals surface area contributed by atoms with Crippen molar-refractivity contribution in [3.63, 3.8) is 0 Å². The number of nitrogens with zero attached hydrogens (tertiary/aromatic N) is 1. The third-order valence-corrected chi connectivity index (χ3v) is 2.54. The minimum atomic E-state index is 0.771. The molecule has 0 amide bonds. The number of hydrogen-bond donors (Lipinski definition) is 1. The zero-order chi connectivity index (χ0) is 20.3. The molecule has 0 unspecified atom stereocenters. The fourth-order valence-electron chi connectivity index (χ4n) is 1.62. The van der Waals surface area contributed by atoms with E-state index in [1.165, 1.54) is 0 Å². The lowest BCUT2D eigenvalue weighted by atomic mass is 10.1. The standard InChI is InChI=1S/C14H20N2O.C4H10.2C2H6/c1-12(2)15-8-9-16(3)10-13-6-4-5-7-14(13)11-17;1-4(2)3;2*1-2/h4-7,11,15H,1,8-10H2,2-3H3;4H,1-3H3;2*1-2H3. The van der Waals surface area contributed by atoms with Crippen LogP contribution in [0.4, 0.5) is 0 Å². The van der Waals surface area contributed by atoms with Crippen LogP contribution in [0.1, 0.15) is 71.3 Å². The van der Waals surface area contributed by atoms with E-state index in [9.17, 15) is 4.79 Å². The molecule has 0 spiro atoms. The second kappa shape index (κ2) is 20.4. The SMILES string of the molecule is C=C(C)NCCN(C)Cc1ccccc1C=O.CC.CC.CC(C)C. The molecule has 0 atom stereocenters. The van der Waals surface area contributed by atoms with E-state index in [-0.39, 0.29) is 0 Å². The topological polar surface area (TPSA) is 32.3 Å². The lowest BCUT2D eigenvalue weighted by Crippen LogP contribution is -2.28. The van der Waals surface area contributed by atoms with Crippen molar-refractivity contribution in [2.45, 2.75) is 61.9 Å². The quantitative estimate of drug-likeness (QED) is 0.634. The van der Waals surface area contributed by atoms with Crippen molar-refractivity contribution in [3.8, 4) is 0 Å². The van der Waals surface area contributed by atoms with Crippen LogP contribution in [0.2, 0.25) is 0 Å². The number of aldehydes is 1. The number of hydrogen-bond acceptors (Lipinski definition) is 3. The van der Waals surface area contributed by atoms with Crippen molar-refractivity contribution in [1.29, 1.82) is 0 Å². The molecule has 0 radical (unpaired) electrons. The molecule has 0 fully saturated rings. The fraction of sp³-hybridized carbons (Fsp3) is 0.591. The van der Waals surface area contributed by atoms with Gasteiger partial charge in [-0.2, -0.15) is 0 Å². The number of benzene rings is 1. The summed E-state index contributed by atoms with van der Waals surface area (Å²) < 4.78 is 0. The van der Waals surface area contributed by atoms with Gasteiger partial charge in [-0.05, 0) is 25.5 Å². The average Bonchev–Trinajstić information content (AvgIpc) is 2.58. The fourth-order valence-corrected chi connectivity index (χ4v) is 1.62. The first-order valence-corrected chi connectivity index (χ1v) is 9.47. The smallest absolute Gasteiger partial charge is 0.150 e. The molecule has 1 N–H and O–H groups in total. The summed E-state index contributed by atoms with van der Waals surface area (Å²) in [7, 11) is 2.04. The molecule has 3 heteroatoms. The Bertz CT molecular complexity index is 425. The Morgan fingerprint density at radius 1 is 1.16 bits per heavy atom. The van der Waals surface area contributed by atoms with Crippen LogP contribution in [0.3, 0.4) is 0 Å². The number of carbonyl (C=O) groups excluding carboxylic acids is 1. The minimum absolute atomic E-state index is 0.771. The first-order chi connectivity index (χ1) is 11.9. The highest BCUT2D eigenvalue weighted by Crippen LogP contribution is 2.08. The first kappa shape index (κ1) is 28.2. The number of nitrogens with one attached hydrogen (secondary N) is 1. The third kappa shape index (κ3) is 20.3. The normalized spacial score (nSPS) is 8.92. The molecule has 1 aromatic rings. The molecule has 1 aromatic carbocycles. The van der Waals surface area contributed by atoms with Crippen molar-refractivity contribution >= 4 is 6.29 Å². The summed E-state index contributed by atoms with van der Waals surface area (Å²) in [5.74, 6) is 0.833. The van der Waals surface area contributed by atoms with E-state index in [2.05, 4.69) is 37.6 Å². The molecule has 0 aliphatic heterocycles. The molecule has 0 bridgehead atoms. The number of likely N-dealkylation sites (N-methyl/N-ethyl adjacent to an activating group) is 1. The van der Waals surface area contributed by atoms with Gasteiger partial charge in [0, 0.05) is 30.9 Å². The molecule has 3 nitrogen and oxygen atoms in total. The van der Waals surface area contributed by atoms with Crippen LogP contribution in [0, 0.1) is 5.92 Å². The van der Waals surface area contributed by atoms with Crippen molar-refractivity contribution in [1.82, 2.24) is 10.2 Å². The largest absolute Gasteiger partial charge is 0.388 e. The Balaban J connectivity index is -0.000000518. The van der Waals surface area contributed by atoms with E-state index < -0.39 is 0 Å². The number of carbonyl (C=O) groups is 1. The van der Waals surface area contributed by atoms with Gasteiger partial charge in [0.1, 0.15) is 6.29 Å². The zero-order valence-corrected chi connectivity index (χ0v) is 18.1. The van der Waals surface area contributed by atoms with Crippen LogP contribution in [0.5, 0.6) is 0 Å². The molecule has 0 aliphatic carbocycles. The summed E-state index contributed by atoms with van der Waals surface area (Å²) in [6.45, 7) is 22.8. The Kier molecular flexibility index (Phi) is 23.1. The average molecular weight is 351 g/mol. The summed E-state index contributed by atoms with van der Waals surface area (Å²) >= 11 is 0. The third-order valence-electron chi connectivity index (χ3n) is 2.54. The molecule has 146 valence electrons. The van der Waals surface area contributed by atoms with Crippen LogP contribution >= 0.6 is 0 Å². The highest BCUT2D eigenvalue weighted by molar-refractivity contribution is 5.77. The lowest BCUT2D eigenvalue weighted by molar-refractivity contribution is 0.112. The Hall–Kier alpha value is -1.61. The molecule has 0 aromatic heterocycles. The van der Waals surface area contributed by atoms with Crippen molar-refractivity contribution < 1.29 is 4.79 Å². The van der Waals surface area contributed by atoms with Gasteiger partial charge in [0.15, 0.2) is 0 Å². The van der Waals surface area contributed by atoms with Gasteiger partial charge in [-0.1, -0.05) is 79.3 Å². The Morgan fingerprint density at radius 3 is 2.08 bits per heavy atom. The summed E-state index contributed by atoms with van der Waals surface area (Å²) in [6, 6.07) is 7.69. The van der Waals surface area contributed by atoms with E-state index in [1.807, 2.05) is 65.9 Å². The molecule has 25 heavy (non-hydrogen) atoms. The predicted octanol–water partition coefficient (Wildman–Crippen LogP) is 5.77. The molecule has 0 aliphatic rings. The van der Waals surface area contributed by atoms with Gasteiger partial charge >= 0.3 is 0 Å². The maximum Gasteiger partial charge on any atom is 0.150 e. The maximum atomic E-state index is 10.9. The summed E-state index contributed by atoms with van der Waals surface area (Å²) in [4.78, 5) is 13.0. The van der Waals surface area contributed by atoms with Crippen molar-refractivity contribution in [3.05, 3.63) is 47.7 Å². The predicted molar refractivity (Wildman–Crippen MR) is 114 cm³/mol. The van der Waals surface area contributed by atoms with Crippen molar-refractivity contribution in [2.24, 2.45) is 5.92 Å². The van der Waals surface area contributed by atoms with Gasteiger partial charge in [0.2, 0.25) is 0 Å². The van der Waals surface area contributed by atoms with E-state index in [0.717, 1.165) is 48.7 Å². The van der Waals surface area contributed by atoms with Gasteiger partial charge in [-0.15, -0.1) is 0 Å². The molecular formula is C22H42N2O. The van der Waals surface area contributed by atoms with Gasteiger partial charge < -0.3 is 10.2 Å². The molecular weight excluding hydrogens is 308 g/mol. The monoisotopic (exact) mass is 350 g/mol. The van der Waals surface area contributed by atoms with Crippen LogP contribution in [-0.2, 0) is 6.54 Å². The van der Waals surface area contributed by atoms with Crippen LogP contribution in [0.15, 0.2) is 36.5 Å². The Labute approximate surface area is 157 Å². The maximum absolute atomic E-state index is 10.9. The lowest BCUT2D eigenvalue weighted by Gasteiger charge is -2.18. The zero-order valence-electron chi connectivity index (χ0n) is 18.1. The molecule has 1 rings (SSSR count). The minimum Gasteiger partial charge on any atom is -0.388 e. The Morgan fingerprint density at radius 2 is 1.64 bits per heavy atom. The number of rotatable bonds is 7. The van der Waals surface area contributed by atoms with Crippen LogP contribution < -0.4 is 5.32 Å². The molecule has 0 heterocycles. The van der Waals surface area contributed by atoms with Crippen LogP contribution in [-0.4, -0.2) is 31.3 Å². The van der Waals surface area contributed by atoms with Crippen LogP contribution in [0.25, 0.3) is 0 Å². The van der Waals surface area contributed by atoms with Gasteiger partial charge in [-0.25, -0.2) is 0 Å². The van der Waals surface area contributed by atoms with E-state index in [1.54, 1.807) is 0 Å². The summed E-state index contributed by atoms with van der Waals surface area (Å²) in [5, 5.41) is 3.19. The highest BCUT2D eigenvalue weighted by Gasteiger charge is 2.04. The van der Waals surface area contributed by atoms with Gasteiger partial charge in [-0.3, -0.25) is 4.79 Å². The van der Waals surface area contributed by atoms with E-state index >= 15 is 0 Å². The first-order valence-electron chi connectivity index (χ1n) is 9.47. The molecule has 0 saturated carbocycles. The number of allylic oxidation sites excluding steroid dienone is 1. The summed E-state index contributed by atoms with van der Waals surface area (Å²) in [5.41, 5.74) is 2.82. The van der Waals surface area contributed by atoms with E-state index in [4.69, 9.17) is 0 Å². The molecule has 0 saturated heterocycles. The van der Waals surface area contributed by atoms with Crippen molar-refractivity contribution in [2.75, 3.05) is 20.1 Å². The highest BCUT2D eigenvalue weighted by atomic mass is 16.1.